The molecule has 0 radical (unpaired) electrons. The van der Waals surface area contributed by atoms with E-state index in [1.54, 1.807) is 7.11 Å². The highest BCUT2D eigenvalue weighted by Gasteiger charge is 2.52. The lowest BCUT2D eigenvalue weighted by Crippen LogP contribution is -2.39. The largest absolute Gasteiger partial charge is 0.497 e. The molecule has 3 fully saturated rings. The molecule has 2 spiro atoms. The number of hydrogen-bond acceptors (Lipinski definition) is 7. The van der Waals surface area contributed by atoms with Crippen LogP contribution in [0.25, 0.3) is 28.0 Å². The molecule has 1 unspecified atom stereocenters. The molecule has 1 atom stereocenters. The molecule has 2 aliphatic heterocycles. The summed E-state index contributed by atoms with van der Waals surface area (Å²) in [6.07, 6.45) is 17.5. The van der Waals surface area contributed by atoms with Crippen LogP contribution in [-0.4, -0.2) is 52.6 Å². The highest BCUT2D eigenvalue weighted by molar-refractivity contribution is 6.09. The third-order valence-electron chi connectivity index (χ3n) is 14.5. The molecule has 60 heavy (non-hydrogen) atoms. The molecular formula is C53H55NO6. The number of morpholine rings is 1. The van der Waals surface area contributed by atoms with Crippen molar-refractivity contribution in [2.45, 2.75) is 75.7 Å². The molecule has 5 aromatic carbocycles. The third-order valence-corrected chi connectivity index (χ3v) is 14.5. The average molecular weight is 802 g/mol. The summed E-state index contributed by atoms with van der Waals surface area (Å²) in [5.41, 5.74) is 10.8. The number of carbonyl (C=O) groups is 1. The highest BCUT2D eigenvalue weighted by atomic mass is 16.6. The van der Waals surface area contributed by atoms with Crippen molar-refractivity contribution in [2.75, 3.05) is 51.5 Å². The molecule has 0 aromatic heterocycles. The Morgan fingerprint density at radius 1 is 0.800 bits per heavy atom. The quantitative estimate of drug-likeness (QED) is 0.0835. The number of rotatable bonds is 9. The van der Waals surface area contributed by atoms with E-state index in [4.69, 9.17) is 23.7 Å². The van der Waals surface area contributed by atoms with E-state index in [1.807, 2.05) is 12.1 Å². The highest BCUT2D eigenvalue weighted by Crippen LogP contribution is 2.65. The first-order valence-electron chi connectivity index (χ1n) is 22.0. The summed E-state index contributed by atoms with van der Waals surface area (Å²) in [5, 5.41) is 2.26. The number of benzene rings is 5. The fraction of sp³-hybridized carbons (Fsp3) is 0.377. The Kier molecular flexibility index (Phi) is 9.98. The second kappa shape index (κ2) is 15.5. The molecule has 3 aliphatic carbocycles. The lowest BCUT2D eigenvalue weighted by Gasteiger charge is -2.49. The zero-order valence-corrected chi connectivity index (χ0v) is 35.0. The number of esters is 1. The first-order chi connectivity index (χ1) is 29.4. The van der Waals surface area contributed by atoms with Crippen molar-refractivity contribution in [3.8, 4) is 28.4 Å². The van der Waals surface area contributed by atoms with Gasteiger partial charge in [0.1, 0.15) is 30.5 Å². The molecule has 7 nitrogen and oxygen atoms in total. The van der Waals surface area contributed by atoms with E-state index in [0.29, 0.717) is 11.2 Å². The first kappa shape index (κ1) is 38.7. The number of anilines is 1. The van der Waals surface area contributed by atoms with Crippen LogP contribution in [0.2, 0.25) is 0 Å². The van der Waals surface area contributed by atoms with Gasteiger partial charge in [-0.25, -0.2) is 4.79 Å². The summed E-state index contributed by atoms with van der Waals surface area (Å²) in [6, 6.07) is 30.7. The second-order valence-electron chi connectivity index (χ2n) is 17.7. The van der Waals surface area contributed by atoms with Crippen LogP contribution < -0.4 is 19.1 Å². The van der Waals surface area contributed by atoms with Crippen LogP contribution in [0.1, 0.15) is 91.2 Å². The molecule has 10 rings (SSSR count). The van der Waals surface area contributed by atoms with Gasteiger partial charge in [-0.15, -0.1) is 0 Å². The summed E-state index contributed by atoms with van der Waals surface area (Å²) in [6.45, 7) is 9.29. The molecular weight excluding hydrogens is 747 g/mol. The summed E-state index contributed by atoms with van der Waals surface area (Å²) in [7, 11) is 1.74. The van der Waals surface area contributed by atoms with E-state index in [2.05, 4.69) is 103 Å². The number of aryl methyl sites for hydroxylation is 1. The predicted molar refractivity (Wildman–Crippen MR) is 238 cm³/mol. The van der Waals surface area contributed by atoms with Crippen molar-refractivity contribution in [3.63, 3.8) is 0 Å². The Morgan fingerprint density at radius 3 is 2.23 bits per heavy atom. The lowest BCUT2D eigenvalue weighted by atomic mass is 9.56. The van der Waals surface area contributed by atoms with E-state index >= 15 is 0 Å². The summed E-state index contributed by atoms with van der Waals surface area (Å²) in [5.74, 6) is 1.92. The number of carbonyl (C=O) groups excluding carboxylic acids is 1. The number of ether oxygens (including phenoxy) is 5. The summed E-state index contributed by atoms with van der Waals surface area (Å²) < 4.78 is 30.5. The molecule has 2 saturated carbocycles. The zero-order valence-electron chi connectivity index (χ0n) is 35.0. The molecule has 5 aliphatic rings. The van der Waals surface area contributed by atoms with Crippen molar-refractivity contribution in [1.29, 1.82) is 0 Å². The van der Waals surface area contributed by atoms with Crippen LogP contribution >= 0.6 is 0 Å². The molecule has 308 valence electrons. The smallest absolute Gasteiger partial charge is 0.330 e. The van der Waals surface area contributed by atoms with Gasteiger partial charge in [-0.05, 0) is 127 Å². The fourth-order valence-electron chi connectivity index (χ4n) is 11.3. The normalized spacial score (nSPS) is 20.9. The number of methoxy groups -OCH3 is 1. The van der Waals surface area contributed by atoms with Gasteiger partial charge in [-0.2, -0.15) is 0 Å². The number of fused-ring (bicyclic) bond motifs is 10. The maximum absolute atomic E-state index is 11.6. The van der Waals surface area contributed by atoms with Gasteiger partial charge in [0, 0.05) is 52.3 Å². The molecule has 7 heteroatoms. The van der Waals surface area contributed by atoms with Crippen LogP contribution in [0.4, 0.5) is 5.69 Å². The van der Waals surface area contributed by atoms with Crippen LogP contribution in [-0.2, 0) is 25.3 Å². The van der Waals surface area contributed by atoms with Gasteiger partial charge in [0.15, 0.2) is 5.60 Å². The monoisotopic (exact) mass is 801 g/mol. The van der Waals surface area contributed by atoms with E-state index in [0.717, 1.165) is 73.2 Å². The topological polar surface area (TPSA) is 66.5 Å². The van der Waals surface area contributed by atoms with Crippen LogP contribution in [0.3, 0.4) is 0 Å². The van der Waals surface area contributed by atoms with Crippen molar-refractivity contribution >= 4 is 28.5 Å². The minimum absolute atomic E-state index is 0.0932. The molecule has 5 aromatic rings. The maximum Gasteiger partial charge on any atom is 0.330 e. The standard InChI is InChI=1S/C53H55NO6/c1-4-47(55)59-33-32-58-40-15-11-38(12-16-40)53(37-9-13-39(14-10-37)54-28-30-57-31-29-54)23-20-44-49-48(42-19-17-41(56-3)35-45(42)50(44)60-53)43-18-8-36(2)34-46(43)52(49)26-24-51(25-27-52)21-6-5-7-22-51/h4,8-20,23,34-35H,1,5-7,21-22,24-33H2,2-3H3. The Labute approximate surface area is 353 Å². The maximum atomic E-state index is 11.6. The Hall–Kier alpha value is -5.53. The molecule has 1 saturated heterocycles. The minimum Gasteiger partial charge on any atom is -0.497 e. The Morgan fingerprint density at radius 2 is 1.52 bits per heavy atom. The van der Waals surface area contributed by atoms with Crippen LogP contribution in [0.5, 0.6) is 17.2 Å². The van der Waals surface area contributed by atoms with E-state index in [-0.39, 0.29) is 18.6 Å². The Balaban J connectivity index is 1.13. The molecule has 0 N–H and O–H groups in total. The summed E-state index contributed by atoms with van der Waals surface area (Å²) in [4.78, 5) is 14.0. The second-order valence-corrected chi connectivity index (χ2v) is 17.7. The van der Waals surface area contributed by atoms with E-state index in [9.17, 15) is 4.79 Å². The lowest BCUT2D eigenvalue weighted by molar-refractivity contribution is -0.138. The Bertz CT molecular complexity index is 2460. The molecule has 0 amide bonds. The number of nitrogens with zero attached hydrogens (tertiary/aromatic N) is 1. The van der Waals surface area contributed by atoms with Crippen molar-refractivity contribution in [3.05, 3.63) is 137 Å². The van der Waals surface area contributed by atoms with Gasteiger partial charge in [0.25, 0.3) is 0 Å². The SMILES string of the molecule is C=CC(=O)OCCOc1ccc(C2(c3ccc(N4CCOCC4)cc3)C=Cc3c4c(c5ccc(OC)cc5c3O2)-c2ccc(C)cc2C42CCC3(CCCCC3)CC2)cc1. The van der Waals surface area contributed by atoms with Gasteiger partial charge < -0.3 is 28.6 Å². The average Bonchev–Trinajstić information content (AvgIpc) is 3.58. The van der Waals surface area contributed by atoms with Gasteiger partial charge in [0.2, 0.25) is 0 Å². The van der Waals surface area contributed by atoms with E-state index in [1.165, 1.54) is 89.4 Å². The zero-order chi connectivity index (χ0) is 40.9. The van der Waals surface area contributed by atoms with Crippen molar-refractivity contribution in [2.24, 2.45) is 5.41 Å². The van der Waals surface area contributed by atoms with Gasteiger partial charge in [0.05, 0.1) is 20.3 Å². The first-order valence-corrected chi connectivity index (χ1v) is 22.0. The van der Waals surface area contributed by atoms with Crippen molar-refractivity contribution < 1.29 is 28.5 Å². The van der Waals surface area contributed by atoms with Crippen molar-refractivity contribution in [1.82, 2.24) is 0 Å². The van der Waals surface area contributed by atoms with Crippen LogP contribution in [0.15, 0.2) is 104 Å². The van der Waals surface area contributed by atoms with Gasteiger partial charge >= 0.3 is 5.97 Å². The number of hydrogen-bond donors (Lipinski definition) is 0. The third kappa shape index (κ3) is 6.48. The summed E-state index contributed by atoms with van der Waals surface area (Å²) >= 11 is 0. The van der Waals surface area contributed by atoms with E-state index < -0.39 is 11.6 Å². The van der Waals surface area contributed by atoms with Crippen LogP contribution in [0, 0.1) is 12.3 Å². The fourth-order valence-corrected chi connectivity index (χ4v) is 11.3. The minimum atomic E-state index is -0.952. The molecule has 0 bridgehead atoms. The van der Waals surface area contributed by atoms with Gasteiger partial charge in [-0.1, -0.05) is 79.9 Å². The molecule has 2 heterocycles. The predicted octanol–water partition coefficient (Wildman–Crippen LogP) is 11.2. The van der Waals surface area contributed by atoms with Gasteiger partial charge in [-0.3, -0.25) is 0 Å².